The highest BCUT2D eigenvalue weighted by Crippen LogP contribution is 2.45. The van der Waals surface area contributed by atoms with E-state index in [-0.39, 0.29) is 5.41 Å². The van der Waals surface area contributed by atoms with E-state index in [2.05, 4.69) is 62.4 Å². The molecule has 0 saturated heterocycles. The Kier molecular flexibility index (Phi) is 3.40. The Labute approximate surface area is 120 Å². The molecule has 0 fully saturated rings. The molecule has 2 aromatic carbocycles. The van der Waals surface area contributed by atoms with Crippen LogP contribution in [0.2, 0.25) is 0 Å². The summed E-state index contributed by atoms with van der Waals surface area (Å²) in [6.07, 6.45) is 2.39. The van der Waals surface area contributed by atoms with Gasteiger partial charge in [-0.15, -0.1) is 11.8 Å². The van der Waals surface area contributed by atoms with Crippen molar-refractivity contribution in [1.82, 2.24) is 0 Å². The van der Waals surface area contributed by atoms with Crippen LogP contribution in [0.25, 0.3) is 0 Å². The molecular formula is C18H19S. The summed E-state index contributed by atoms with van der Waals surface area (Å²) in [4.78, 5) is 1.44. The monoisotopic (exact) mass is 267 g/mol. The predicted octanol–water partition coefficient (Wildman–Crippen LogP) is 4.87. The van der Waals surface area contributed by atoms with Crippen molar-refractivity contribution in [2.75, 3.05) is 0 Å². The van der Waals surface area contributed by atoms with Crippen molar-refractivity contribution < 1.29 is 0 Å². The van der Waals surface area contributed by atoms with Gasteiger partial charge in [0.1, 0.15) is 0 Å². The fourth-order valence-corrected chi connectivity index (χ4v) is 4.68. The van der Waals surface area contributed by atoms with Crippen molar-refractivity contribution >= 4 is 11.8 Å². The SMILES string of the molecule is CC1(C)CC(Cc2ccccc2)Sc2cc[c]cc21. The minimum atomic E-state index is 0.262. The lowest BCUT2D eigenvalue weighted by Crippen LogP contribution is -2.29. The van der Waals surface area contributed by atoms with Gasteiger partial charge in [-0.3, -0.25) is 0 Å². The van der Waals surface area contributed by atoms with Gasteiger partial charge in [0.15, 0.2) is 0 Å². The Hall–Kier alpha value is -1.21. The highest BCUT2D eigenvalue weighted by Gasteiger charge is 2.33. The third-order valence-corrected chi connectivity index (χ3v) is 5.17. The van der Waals surface area contributed by atoms with Crippen LogP contribution in [-0.2, 0) is 11.8 Å². The van der Waals surface area contributed by atoms with Crippen molar-refractivity contribution in [1.29, 1.82) is 0 Å². The Balaban J connectivity index is 1.84. The van der Waals surface area contributed by atoms with E-state index >= 15 is 0 Å². The quantitative estimate of drug-likeness (QED) is 0.748. The van der Waals surface area contributed by atoms with E-state index in [1.807, 2.05) is 17.8 Å². The molecule has 0 spiro atoms. The van der Waals surface area contributed by atoms with Crippen molar-refractivity contribution in [2.24, 2.45) is 0 Å². The van der Waals surface area contributed by atoms with Crippen molar-refractivity contribution in [2.45, 2.75) is 42.2 Å². The number of rotatable bonds is 2. The minimum Gasteiger partial charge on any atom is -0.122 e. The van der Waals surface area contributed by atoms with Gasteiger partial charge >= 0.3 is 0 Å². The molecule has 0 aliphatic carbocycles. The lowest BCUT2D eigenvalue weighted by Gasteiger charge is -2.37. The molecule has 0 bridgehead atoms. The first-order valence-corrected chi connectivity index (χ1v) is 7.74. The molecular weight excluding hydrogens is 248 g/mol. The van der Waals surface area contributed by atoms with Crippen LogP contribution in [0.3, 0.4) is 0 Å². The summed E-state index contributed by atoms with van der Waals surface area (Å²) >= 11 is 2.03. The molecule has 0 nitrogen and oxygen atoms in total. The second-order valence-corrected chi connectivity index (χ2v) is 7.28. The average Bonchev–Trinajstić information content (AvgIpc) is 2.39. The van der Waals surface area contributed by atoms with Gasteiger partial charge in [0, 0.05) is 10.1 Å². The standard InChI is InChI=1S/C18H19S/c1-18(2)13-15(12-14-8-4-3-5-9-14)19-17-11-7-6-10-16(17)18/h3-5,7-11,15H,12-13H2,1-2H3. The topological polar surface area (TPSA) is 0 Å². The van der Waals surface area contributed by atoms with Gasteiger partial charge in [-0.05, 0) is 47.6 Å². The van der Waals surface area contributed by atoms with E-state index in [0.717, 1.165) is 6.42 Å². The number of fused-ring (bicyclic) bond motifs is 1. The van der Waals surface area contributed by atoms with Crippen molar-refractivity contribution in [3.05, 3.63) is 65.7 Å². The van der Waals surface area contributed by atoms with E-state index in [0.29, 0.717) is 5.25 Å². The zero-order valence-corrected chi connectivity index (χ0v) is 12.3. The maximum absolute atomic E-state index is 3.23. The summed E-state index contributed by atoms with van der Waals surface area (Å²) in [6.45, 7) is 4.72. The third kappa shape index (κ3) is 2.71. The van der Waals surface area contributed by atoms with Crippen LogP contribution in [0.1, 0.15) is 31.4 Å². The Morgan fingerprint density at radius 3 is 2.79 bits per heavy atom. The molecule has 19 heavy (non-hydrogen) atoms. The number of hydrogen-bond donors (Lipinski definition) is 0. The summed E-state index contributed by atoms with van der Waals surface area (Å²) in [5, 5.41) is 0.673. The Morgan fingerprint density at radius 1 is 1.21 bits per heavy atom. The molecule has 1 aliphatic rings. The van der Waals surface area contributed by atoms with Crippen LogP contribution in [0.5, 0.6) is 0 Å². The van der Waals surface area contributed by atoms with E-state index in [4.69, 9.17) is 0 Å². The predicted molar refractivity (Wildman–Crippen MR) is 82.7 cm³/mol. The van der Waals surface area contributed by atoms with Crippen LogP contribution < -0.4 is 0 Å². The molecule has 1 unspecified atom stereocenters. The van der Waals surface area contributed by atoms with E-state index in [9.17, 15) is 0 Å². The molecule has 0 aromatic heterocycles. The average molecular weight is 267 g/mol. The molecule has 1 atom stereocenters. The fraction of sp³-hybridized carbons (Fsp3) is 0.333. The first-order valence-electron chi connectivity index (χ1n) is 6.86. The van der Waals surface area contributed by atoms with Crippen LogP contribution in [-0.4, -0.2) is 5.25 Å². The zero-order valence-electron chi connectivity index (χ0n) is 11.5. The molecule has 1 heterocycles. The highest BCUT2D eigenvalue weighted by atomic mass is 32.2. The third-order valence-electron chi connectivity index (χ3n) is 3.89. The fourth-order valence-electron chi connectivity index (χ4n) is 2.94. The molecule has 2 aromatic rings. The smallest absolute Gasteiger partial charge is 0.0143 e. The molecule has 1 aliphatic heterocycles. The molecule has 0 saturated carbocycles. The van der Waals surface area contributed by atoms with Crippen molar-refractivity contribution in [3.63, 3.8) is 0 Å². The van der Waals surface area contributed by atoms with Gasteiger partial charge in [0.2, 0.25) is 0 Å². The Bertz CT molecular complexity index is 557. The molecule has 0 N–H and O–H groups in total. The van der Waals surface area contributed by atoms with Crippen LogP contribution in [0.4, 0.5) is 0 Å². The summed E-state index contributed by atoms with van der Waals surface area (Å²) < 4.78 is 0. The van der Waals surface area contributed by atoms with Gasteiger partial charge in [-0.2, -0.15) is 0 Å². The molecule has 3 rings (SSSR count). The largest absolute Gasteiger partial charge is 0.122 e. The molecule has 0 amide bonds. The lowest BCUT2D eigenvalue weighted by atomic mass is 9.79. The second-order valence-electron chi connectivity index (χ2n) is 5.94. The van der Waals surface area contributed by atoms with Gasteiger partial charge in [-0.25, -0.2) is 0 Å². The second kappa shape index (κ2) is 5.05. The highest BCUT2D eigenvalue weighted by molar-refractivity contribution is 8.00. The van der Waals surface area contributed by atoms with Gasteiger partial charge in [0.25, 0.3) is 0 Å². The minimum absolute atomic E-state index is 0.262. The van der Waals surface area contributed by atoms with Crippen LogP contribution >= 0.6 is 11.8 Å². The van der Waals surface area contributed by atoms with Crippen LogP contribution in [0, 0.1) is 6.07 Å². The molecule has 1 radical (unpaired) electrons. The number of hydrogen-bond acceptors (Lipinski definition) is 1. The summed E-state index contributed by atoms with van der Waals surface area (Å²) in [6, 6.07) is 20.5. The normalized spacial score (nSPS) is 20.8. The molecule has 97 valence electrons. The maximum Gasteiger partial charge on any atom is 0.0143 e. The maximum atomic E-state index is 3.23. The Morgan fingerprint density at radius 2 is 2.00 bits per heavy atom. The summed E-state index contributed by atoms with van der Waals surface area (Å²) in [5.74, 6) is 0. The van der Waals surface area contributed by atoms with Crippen molar-refractivity contribution in [3.8, 4) is 0 Å². The van der Waals surface area contributed by atoms with E-state index < -0.39 is 0 Å². The van der Waals surface area contributed by atoms with E-state index in [1.165, 1.54) is 22.4 Å². The van der Waals surface area contributed by atoms with Gasteiger partial charge in [-0.1, -0.05) is 50.2 Å². The number of benzene rings is 2. The van der Waals surface area contributed by atoms with Gasteiger partial charge < -0.3 is 0 Å². The molecule has 1 heteroatoms. The van der Waals surface area contributed by atoms with Gasteiger partial charge in [0.05, 0.1) is 0 Å². The zero-order chi connectivity index (χ0) is 13.3. The first-order chi connectivity index (χ1) is 9.15. The summed E-state index contributed by atoms with van der Waals surface area (Å²) in [7, 11) is 0. The number of thioether (sulfide) groups is 1. The van der Waals surface area contributed by atoms with E-state index in [1.54, 1.807) is 0 Å². The summed E-state index contributed by atoms with van der Waals surface area (Å²) in [5.41, 5.74) is 3.17. The lowest BCUT2D eigenvalue weighted by molar-refractivity contribution is 0.451. The first kappa shape index (κ1) is 12.8. The van der Waals surface area contributed by atoms with Crippen LogP contribution in [0.15, 0.2) is 53.4 Å².